The first-order chi connectivity index (χ1) is 6.70. The van der Waals surface area contributed by atoms with Crippen LogP contribution in [0.25, 0.3) is 0 Å². The van der Waals surface area contributed by atoms with Crippen molar-refractivity contribution in [2.45, 2.75) is 44.9 Å². The predicted molar refractivity (Wildman–Crippen MR) is 59.5 cm³/mol. The molecule has 0 heterocycles. The molecule has 0 aromatic rings. The maximum Gasteiger partial charge on any atom is 0.240 e. The summed E-state index contributed by atoms with van der Waals surface area (Å²) in [7, 11) is 0. The summed E-state index contributed by atoms with van der Waals surface area (Å²) in [6.07, 6.45) is 4.72. The van der Waals surface area contributed by atoms with Gasteiger partial charge >= 0.3 is 0 Å². The smallest absolute Gasteiger partial charge is 0.240 e. The van der Waals surface area contributed by atoms with Crippen molar-refractivity contribution in [1.29, 1.82) is 0 Å². The molecule has 1 atom stereocenters. The lowest BCUT2D eigenvalue weighted by molar-refractivity contribution is -0.131. The van der Waals surface area contributed by atoms with Gasteiger partial charge < -0.3 is 4.90 Å². The van der Waals surface area contributed by atoms with Crippen LogP contribution in [-0.4, -0.2) is 29.3 Å². The summed E-state index contributed by atoms with van der Waals surface area (Å²) in [6, 6.07) is 0. The molecular formula is C11H20ClNO. The summed E-state index contributed by atoms with van der Waals surface area (Å²) < 4.78 is 0. The van der Waals surface area contributed by atoms with E-state index in [1.54, 1.807) is 0 Å². The molecule has 0 aromatic carbocycles. The van der Waals surface area contributed by atoms with Gasteiger partial charge in [0.1, 0.15) is 5.38 Å². The molecule has 2 nitrogen and oxygen atoms in total. The van der Waals surface area contributed by atoms with Crippen molar-refractivity contribution >= 4 is 17.5 Å². The van der Waals surface area contributed by atoms with Gasteiger partial charge in [-0.3, -0.25) is 4.79 Å². The van der Waals surface area contributed by atoms with Crippen LogP contribution in [0, 0.1) is 5.92 Å². The predicted octanol–water partition coefficient (Wildman–Crippen LogP) is 2.65. The molecule has 1 aliphatic carbocycles. The molecule has 0 saturated heterocycles. The summed E-state index contributed by atoms with van der Waals surface area (Å²) in [5, 5.41) is -0.280. The molecule has 1 aliphatic rings. The maximum atomic E-state index is 11.9. The first kappa shape index (κ1) is 11.8. The standard InChI is InChI=1S/C11H20ClNO/c1-3-13(4-2)11(14)10(12)9-7-5-6-8-9/h9-10H,3-8H2,1-2H3. The van der Waals surface area contributed by atoms with Crippen LogP contribution in [-0.2, 0) is 4.79 Å². The van der Waals surface area contributed by atoms with Gasteiger partial charge in [-0.05, 0) is 32.6 Å². The molecule has 0 aromatic heterocycles. The average molecular weight is 218 g/mol. The molecule has 0 N–H and O–H groups in total. The van der Waals surface area contributed by atoms with E-state index in [4.69, 9.17) is 11.6 Å². The first-order valence-electron chi connectivity index (χ1n) is 5.63. The van der Waals surface area contributed by atoms with E-state index in [-0.39, 0.29) is 11.3 Å². The van der Waals surface area contributed by atoms with Crippen LogP contribution in [0.4, 0.5) is 0 Å². The lowest BCUT2D eigenvalue weighted by atomic mass is 10.0. The van der Waals surface area contributed by atoms with Gasteiger partial charge in [-0.15, -0.1) is 11.6 Å². The molecule has 1 fully saturated rings. The van der Waals surface area contributed by atoms with Crippen LogP contribution >= 0.6 is 11.6 Å². The van der Waals surface area contributed by atoms with Crippen molar-refractivity contribution in [3.8, 4) is 0 Å². The van der Waals surface area contributed by atoms with Gasteiger partial charge in [0, 0.05) is 13.1 Å². The minimum Gasteiger partial charge on any atom is -0.342 e. The van der Waals surface area contributed by atoms with Crippen LogP contribution in [0.15, 0.2) is 0 Å². The van der Waals surface area contributed by atoms with Crippen LogP contribution in [0.2, 0.25) is 0 Å². The number of carbonyl (C=O) groups excluding carboxylic acids is 1. The van der Waals surface area contributed by atoms with Crippen molar-refractivity contribution in [2.24, 2.45) is 5.92 Å². The van der Waals surface area contributed by atoms with Gasteiger partial charge in [0.15, 0.2) is 0 Å². The number of nitrogens with zero attached hydrogens (tertiary/aromatic N) is 1. The largest absolute Gasteiger partial charge is 0.342 e. The molecule has 0 aliphatic heterocycles. The average Bonchev–Trinajstić information content (AvgIpc) is 2.71. The van der Waals surface area contributed by atoms with Crippen LogP contribution in [0.5, 0.6) is 0 Å². The Morgan fingerprint density at radius 3 is 2.29 bits per heavy atom. The van der Waals surface area contributed by atoms with E-state index in [1.807, 2.05) is 18.7 Å². The molecule has 1 saturated carbocycles. The molecule has 0 bridgehead atoms. The zero-order valence-electron chi connectivity index (χ0n) is 9.13. The Morgan fingerprint density at radius 1 is 1.36 bits per heavy atom. The highest BCUT2D eigenvalue weighted by molar-refractivity contribution is 6.30. The Bertz CT molecular complexity index is 186. The van der Waals surface area contributed by atoms with E-state index in [0.717, 1.165) is 25.9 Å². The molecular weight excluding hydrogens is 198 g/mol. The van der Waals surface area contributed by atoms with Crippen molar-refractivity contribution in [3.63, 3.8) is 0 Å². The lowest BCUT2D eigenvalue weighted by Gasteiger charge is -2.24. The molecule has 1 rings (SSSR count). The van der Waals surface area contributed by atoms with E-state index >= 15 is 0 Å². The number of carbonyl (C=O) groups is 1. The summed E-state index contributed by atoms with van der Waals surface area (Å²) in [4.78, 5) is 13.7. The Labute approximate surface area is 91.6 Å². The zero-order valence-corrected chi connectivity index (χ0v) is 9.89. The number of rotatable bonds is 4. The normalized spacial score (nSPS) is 19.6. The number of hydrogen-bond acceptors (Lipinski definition) is 1. The summed E-state index contributed by atoms with van der Waals surface area (Å²) in [5.41, 5.74) is 0. The van der Waals surface area contributed by atoms with Crippen LogP contribution in [0.1, 0.15) is 39.5 Å². The third-order valence-corrected chi connectivity index (χ3v) is 3.67. The second kappa shape index (κ2) is 5.59. The number of alkyl halides is 1. The van der Waals surface area contributed by atoms with Crippen molar-refractivity contribution in [2.75, 3.05) is 13.1 Å². The Balaban J connectivity index is 2.49. The minimum atomic E-state index is -0.280. The van der Waals surface area contributed by atoms with Gasteiger partial charge in [-0.25, -0.2) is 0 Å². The fraction of sp³-hybridized carbons (Fsp3) is 0.909. The van der Waals surface area contributed by atoms with Crippen molar-refractivity contribution < 1.29 is 4.79 Å². The fourth-order valence-electron chi connectivity index (χ4n) is 2.16. The molecule has 14 heavy (non-hydrogen) atoms. The molecule has 0 radical (unpaired) electrons. The number of hydrogen-bond donors (Lipinski definition) is 0. The third-order valence-electron chi connectivity index (χ3n) is 3.12. The Morgan fingerprint density at radius 2 is 1.86 bits per heavy atom. The quantitative estimate of drug-likeness (QED) is 0.663. The SMILES string of the molecule is CCN(CC)C(=O)C(Cl)C1CCCC1. The second-order valence-corrected chi connectivity index (χ2v) is 4.43. The van der Waals surface area contributed by atoms with Crippen LogP contribution < -0.4 is 0 Å². The Hall–Kier alpha value is -0.240. The first-order valence-corrected chi connectivity index (χ1v) is 6.07. The lowest BCUT2D eigenvalue weighted by Crippen LogP contribution is -2.39. The third kappa shape index (κ3) is 2.63. The van der Waals surface area contributed by atoms with Gasteiger partial charge in [0.05, 0.1) is 0 Å². The number of amides is 1. The maximum absolute atomic E-state index is 11.9. The monoisotopic (exact) mass is 217 g/mol. The van der Waals surface area contributed by atoms with E-state index in [0.29, 0.717) is 5.92 Å². The number of halogens is 1. The molecule has 3 heteroatoms. The topological polar surface area (TPSA) is 20.3 Å². The minimum absolute atomic E-state index is 0.128. The van der Waals surface area contributed by atoms with E-state index in [1.165, 1.54) is 12.8 Å². The Kier molecular flexibility index (Phi) is 4.73. The van der Waals surface area contributed by atoms with Gasteiger partial charge in [0.25, 0.3) is 0 Å². The highest BCUT2D eigenvalue weighted by Gasteiger charge is 2.30. The summed E-state index contributed by atoms with van der Waals surface area (Å²) in [5.74, 6) is 0.549. The molecule has 1 unspecified atom stereocenters. The second-order valence-electron chi connectivity index (χ2n) is 3.96. The van der Waals surface area contributed by atoms with E-state index in [9.17, 15) is 4.79 Å². The highest BCUT2D eigenvalue weighted by atomic mass is 35.5. The van der Waals surface area contributed by atoms with Crippen molar-refractivity contribution in [1.82, 2.24) is 4.90 Å². The fourth-order valence-corrected chi connectivity index (χ4v) is 2.55. The van der Waals surface area contributed by atoms with Gasteiger partial charge in [0.2, 0.25) is 5.91 Å². The zero-order chi connectivity index (χ0) is 10.6. The van der Waals surface area contributed by atoms with Gasteiger partial charge in [-0.2, -0.15) is 0 Å². The summed E-state index contributed by atoms with van der Waals surface area (Å²) >= 11 is 6.20. The van der Waals surface area contributed by atoms with E-state index in [2.05, 4.69) is 0 Å². The van der Waals surface area contributed by atoms with Crippen LogP contribution in [0.3, 0.4) is 0 Å². The molecule has 1 amide bonds. The van der Waals surface area contributed by atoms with Crippen molar-refractivity contribution in [3.05, 3.63) is 0 Å². The molecule has 82 valence electrons. The molecule has 0 spiro atoms. The highest BCUT2D eigenvalue weighted by Crippen LogP contribution is 2.31. The summed E-state index contributed by atoms with van der Waals surface area (Å²) in [6.45, 7) is 5.54. The van der Waals surface area contributed by atoms with Gasteiger partial charge in [-0.1, -0.05) is 12.8 Å². The van der Waals surface area contributed by atoms with E-state index < -0.39 is 0 Å².